The lowest BCUT2D eigenvalue weighted by molar-refractivity contribution is 0.103. The number of anilines is 1. The fourth-order valence-electron chi connectivity index (χ4n) is 2.50. The number of carbonyl (C=O) groups excluding carboxylic acids is 1. The molecule has 0 fully saturated rings. The Morgan fingerprint density at radius 1 is 1.14 bits per heavy atom. The maximum Gasteiger partial charge on any atom is 0.195 e. The number of nitrogens with two attached hydrogens (primary N) is 1. The van der Waals surface area contributed by atoms with Crippen molar-refractivity contribution in [3.05, 3.63) is 63.3 Å². The number of halogens is 1. The molecule has 21 heavy (non-hydrogen) atoms. The van der Waals surface area contributed by atoms with E-state index in [0.29, 0.717) is 16.8 Å². The lowest BCUT2D eigenvalue weighted by Crippen LogP contribution is -2.05. The predicted octanol–water partition coefficient (Wildman–Crippen LogP) is 4.36. The molecular weight excluding hydrogens is 328 g/mol. The molecule has 0 saturated carbocycles. The number of aromatic amines is 1. The minimum absolute atomic E-state index is 0.0163. The number of rotatable bonds is 2. The maximum absolute atomic E-state index is 12.9. The zero-order valence-corrected chi connectivity index (χ0v) is 13.4. The molecule has 4 heteroatoms. The number of ketones is 1. The third-order valence-electron chi connectivity index (χ3n) is 3.74. The summed E-state index contributed by atoms with van der Waals surface area (Å²) in [4.78, 5) is 16.0. The van der Waals surface area contributed by atoms with Crippen LogP contribution in [0.4, 0.5) is 5.69 Å². The predicted molar refractivity (Wildman–Crippen MR) is 89.8 cm³/mol. The highest BCUT2D eigenvalue weighted by Crippen LogP contribution is 2.28. The Labute approximate surface area is 131 Å². The van der Waals surface area contributed by atoms with Crippen LogP contribution in [-0.4, -0.2) is 10.8 Å². The Morgan fingerprint density at radius 2 is 1.90 bits per heavy atom. The highest BCUT2D eigenvalue weighted by molar-refractivity contribution is 9.10. The fourth-order valence-corrected chi connectivity index (χ4v) is 2.98. The average molecular weight is 343 g/mol. The van der Waals surface area contributed by atoms with Crippen LogP contribution in [0.25, 0.3) is 10.9 Å². The van der Waals surface area contributed by atoms with Gasteiger partial charge < -0.3 is 10.7 Å². The van der Waals surface area contributed by atoms with Crippen LogP contribution in [0, 0.1) is 13.8 Å². The van der Waals surface area contributed by atoms with Crippen LogP contribution in [0.3, 0.4) is 0 Å². The molecule has 1 heterocycles. The number of fused-ring (bicyclic) bond motifs is 1. The van der Waals surface area contributed by atoms with Gasteiger partial charge in [0.15, 0.2) is 5.78 Å². The minimum atomic E-state index is -0.0163. The number of benzene rings is 2. The SMILES string of the molecule is Cc1ccc2[nH]cc(C(=O)c3cc(Br)cc(N)c3C)c2c1. The molecule has 0 aliphatic carbocycles. The summed E-state index contributed by atoms with van der Waals surface area (Å²) in [6.45, 7) is 3.89. The lowest BCUT2D eigenvalue weighted by atomic mass is 9.97. The summed E-state index contributed by atoms with van der Waals surface area (Å²) >= 11 is 3.40. The van der Waals surface area contributed by atoms with Crippen LogP contribution in [-0.2, 0) is 0 Å². The van der Waals surface area contributed by atoms with Crippen LogP contribution in [0.5, 0.6) is 0 Å². The molecule has 0 spiro atoms. The second kappa shape index (κ2) is 5.04. The zero-order chi connectivity index (χ0) is 15.1. The average Bonchev–Trinajstić information content (AvgIpc) is 2.85. The van der Waals surface area contributed by atoms with Crippen molar-refractivity contribution in [1.29, 1.82) is 0 Å². The van der Waals surface area contributed by atoms with E-state index in [0.717, 1.165) is 26.5 Å². The minimum Gasteiger partial charge on any atom is -0.398 e. The van der Waals surface area contributed by atoms with E-state index in [-0.39, 0.29) is 5.78 Å². The monoisotopic (exact) mass is 342 g/mol. The smallest absolute Gasteiger partial charge is 0.195 e. The number of aromatic nitrogens is 1. The number of carbonyl (C=O) groups is 1. The van der Waals surface area contributed by atoms with Crippen molar-refractivity contribution in [3.8, 4) is 0 Å². The molecule has 0 unspecified atom stereocenters. The van der Waals surface area contributed by atoms with E-state index in [1.165, 1.54) is 0 Å². The molecule has 0 bridgehead atoms. The normalized spacial score (nSPS) is 11.0. The summed E-state index contributed by atoms with van der Waals surface area (Å²) in [6, 6.07) is 9.67. The summed E-state index contributed by atoms with van der Waals surface area (Å²) in [6.07, 6.45) is 1.77. The zero-order valence-electron chi connectivity index (χ0n) is 11.8. The number of H-pyrrole nitrogens is 1. The van der Waals surface area contributed by atoms with E-state index in [4.69, 9.17) is 5.73 Å². The first-order valence-electron chi connectivity index (χ1n) is 6.65. The number of nitrogens with one attached hydrogen (secondary N) is 1. The summed E-state index contributed by atoms with van der Waals surface area (Å²) in [5.41, 5.74) is 10.8. The van der Waals surface area contributed by atoms with E-state index in [9.17, 15) is 4.79 Å². The van der Waals surface area contributed by atoms with Gasteiger partial charge >= 0.3 is 0 Å². The molecule has 0 atom stereocenters. The van der Waals surface area contributed by atoms with Gasteiger partial charge in [0.25, 0.3) is 0 Å². The quantitative estimate of drug-likeness (QED) is 0.536. The van der Waals surface area contributed by atoms with E-state index >= 15 is 0 Å². The summed E-state index contributed by atoms with van der Waals surface area (Å²) in [7, 11) is 0. The van der Waals surface area contributed by atoms with Crippen molar-refractivity contribution in [2.24, 2.45) is 0 Å². The van der Waals surface area contributed by atoms with E-state index in [2.05, 4.69) is 20.9 Å². The first-order valence-corrected chi connectivity index (χ1v) is 7.44. The van der Waals surface area contributed by atoms with Crippen LogP contribution in [0.1, 0.15) is 27.0 Å². The van der Waals surface area contributed by atoms with Crippen molar-refractivity contribution < 1.29 is 4.79 Å². The summed E-state index contributed by atoms with van der Waals surface area (Å²) < 4.78 is 0.810. The van der Waals surface area contributed by atoms with Gasteiger partial charge in [-0.25, -0.2) is 0 Å². The Hall–Kier alpha value is -2.07. The second-order valence-corrected chi connectivity index (χ2v) is 6.16. The molecule has 3 nitrogen and oxygen atoms in total. The Balaban J connectivity index is 2.19. The third-order valence-corrected chi connectivity index (χ3v) is 4.20. The molecule has 106 valence electrons. The Kier molecular flexibility index (Phi) is 3.33. The summed E-state index contributed by atoms with van der Waals surface area (Å²) in [5, 5.41) is 0.943. The molecule has 3 aromatic rings. The molecule has 0 amide bonds. The number of nitrogen functional groups attached to an aromatic ring is 1. The van der Waals surface area contributed by atoms with Gasteiger partial charge in [0.1, 0.15) is 0 Å². The van der Waals surface area contributed by atoms with Gasteiger partial charge in [-0.2, -0.15) is 0 Å². The summed E-state index contributed by atoms with van der Waals surface area (Å²) in [5.74, 6) is -0.0163. The van der Waals surface area contributed by atoms with Gasteiger partial charge in [-0.3, -0.25) is 4.79 Å². The second-order valence-electron chi connectivity index (χ2n) is 5.25. The van der Waals surface area contributed by atoms with Crippen LogP contribution in [0.2, 0.25) is 0 Å². The standard InChI is InChI=1S/C17H15BrN2O/c1-9-3-4-16-13(5-9)14(8-20-16)17(21)12-6-11(18)7-15(19)10(12)2/h3-8,20H,19H2,1-2H3. The molecular formula is C17H15BrN2O. The van der Waals surface area contributed by atoms with Crippen molar-refractivity contribution in [1.82, 2.24) is 4.98 Å². The van der Waals surface area contributed by atoms with Crippen molar-refractivity contribution >= 4 is 38.3 Å². The topological polar surface area (TPSA) is 58.9 Å². The van der Waals surface area contributed by atoms with Gasteiger partial charge in [-0.1, -0.05) is 27.6 Å². The largest absolute Gasteiger partial charge is 0.398 e. The Morgan fingerprint density at radius 3 is 2.67 bits per heavy atom. The lowest BCUT2D eigenvalue weighted by Gasteiger charge is -2.08. The van der Waals surface area contributed by atoms with Gasteiger partial charge in [0.2, 0.25) is 0 Å². The van der Waals surface area contributed by atoms with E-state index < -0.39 is 0 Å². The molecule has 1 aromatic heterocycles. The Bertz CT molecular complexity index is 865. The van der Waals surface area contributed by atoms with Crippen molar-refractivity contribution in [2.75, 3.05) is 5.73 Å². The van der Waals surface area contributed by atoms with Gasteiger partial charge in [-0.15, -0.1) is 0 Å². The molecule has 0 radical (unpaired) electrons. The van der Waals surface area contributed by atoms with Gasteiger partial charge in [0.05, 0.1) is 0 Å². The van der Waals surface area contributed by atoms with Crippen molar-refractivity contribution in [2.45, 2.75) is 13.8 Å². The van der Waals surface area contributed by atoms with E-state index in [1.54, 1.807) is 6.20 Å². The molecule has 3 rings (SSSR count). The van der Waals surface area contributed by atoms with Gasteiger partial charge in [0, 0.05) is 38.4 Å². The van der Waals surface area contributed by atoms with Crippen LogP contribution < -0.4 is 5.73 Å². The molecule has 0 aliphatic heterocycles. The fraction of sp³-hybridized carbons (Fsp3) is 0.118. The highest BCUT2D eigenvalue weighted by Gasteiger charge is 2.18. The first kappa shape index (κ1) is 13.9. The molecule has 0 saturated heterocycles. The first-order chi connectivity index (χ1) is 9.97. The van der Waals surface area contributed by atoms with Crippen LogP contribution >= 0.6 is 15.9 Å². The number of hydrogen-bond donors (Lipinski definition) is 2. The molecule has 3 N–H and O–H groups in total. The van der Waals surface area contributed by atoms with Gasteiger partial charge in [-0.05, 0) is 43.7 Å². The number of aryl methyl sites for hydroxylation is 1. The highest BCUT2D eigenvalue weighted by atomic mass is 79.9. The number of hydrogen-bond acceptors (Lipinski definition) is 2. The van der Waals surface area contributed by atoms with Crippen molar-refractivity contribution in [3.63, 3.8) is 0 Å². The maximum atomic E-state index is 12.9. The van der Waals surface area contributed by atoms with E-state index in [1.807, 2.05) is 44.2 Å². The van der Waals surface area contributed by atoms with Crippen LogP contribution in [0.15, 0.2) is 41.0 Å². The molecule has 0 aliphatic rings. The third kappa shape index (κ3) is 2.36. The molecule has 2 aromatic carbocycles.